The SMILES string of the molecule is CC(Oc1ccc(Cl)cc1CNC1CC1)C(N)=O. The summed E-state index contributed by atoms with van der Waals surface area (Å²) in [5.41, 5.74) is 6.14. The fourth-order valence-electron chi connectivity index (χ4n) is 1.59. The number of ether oxygens (including phenoxy) is 1. The third-order valence-electron chi connectivity index (χ3n) is 2.89. The van der Waals surface area contributed by atoms with Gasteiger partial charge in [0.25, 0.3) is 5.91 Å². The van der Waals surface area contributed by atoms with Gasteiger partial charge < -0.3 is 15.8 Å². The highest BCUT2D eigenvalue weighted by Crippen LogP contribution is 2.26. The summed E-state index contributed by atoms with van der Waals surface area (Å²) in [6.07, 6.45) is 1.79. The number of carbonyl (C=O) groups is 1. The van der Waals surface area contributed by atoms with Crippen molar-refractivity contribution in [1.29, 1.82) is 0 Å². The number of hydrogen-bond donors (Lipinski definition) is 2. The van der Waals surface area contributed by atoms with Gasteiger partial charge in [0.15, 0.2) is 6.10 Å². The van der Waals surface area contributed by atoms with Crippen LogP contribution in [0.2, 0.25) is 5.02 Å². The molecule has 1 fully saturated rings. The minimum atomic E-state index is -0.647. The maximum Gasteiger partial charge on any atom is 0.258 e. The zero-order valence-corrected chi connectivity index (χ0v) is 11.0. The van der Waals surface area contributed by atoms with Crippen LogP contribution < -0.4 is 15.8 Å². The summed E-state index contributed by atoms with van der Waals surface area (Å²) >= 11 is 5.97. The van der Waals surface area contributed by atoms with E-state index in [2.05, 4.69) is 5.32 Å². The highest BCUT2D eigenvalue weighted by atomic mass is 35.5. The quantitative estimate of drug-likeness (QED) is 0.828. The minimum Gasteiger partial charge on any atom is -0.481 e. The number of rotatable bonds is 6. The van der Waals surface area contributed by atoms with Crippen LogP contribution >= 0.6 is 11.6 Å². The van der Waals surface area contributed by atoms with Crippen molar-refractivity contribution in [1.82, 2.24) is 5.32 Å². The summed E-state index contributed by atoms with van der Waals surface area (Å²) in [6, 6.07) is 5.96. The predicted octanol–water partition coefficient (Wildman–Crippen LogP) is 1.84. The topological polar surface area (TPSA) is 64.3 Å². The van der Waals surface area contributed by atoms with Crippen LogP contribution in [-0.2, 0) is 11.3 Å². The first-order valence-corrected chi connectivity index (χ1v) is 6.42. The van der Waals surface area contributed by atoms with Gasteiger partial charge in [-0.2, -0.15) is 0 Å². The Kier molecular flexibility index (Phi) is 4.09. The number of primary amides is 1. The lowest BCUT2D eigenvalue weighted by Gasteiger charge is -2.15. The average Bonchev–Trinajstić information content (AvgIpc) is 3.13. The van der Waals surface area contributed by atoms with E-state index in [0.717, 1.165) is 5.56 Å². The predicted molar refractivity (Wildman–Crippen MR) is 70.6 cm³/mol. The van der Waals surface area contributed by atoms with Crippen LogP contribution in [0.5, 0.6) is 5.75 Å². The van der Waals surface area contributed by atoms with Crippen molar-refractivity contribution in [3.05, 3.63) is 28.8 Å². The summed E-state index contributed by atoms with van der Waals surface area (Å²) in [4.78, 5) is 11.0. The molecule has 1 aliphatic rings. The molecule has 0 radical (unpaired) electrons. The molecule has 4 nitrogen and oxygen atoms in total. The van der Waals surface area contributed by atoms with E-state index >= 15 is 0 Å². The number of hydrogen-bond acceptors (Lipinski definition) is 3. The third kappa shape index (κ3) is 3.62. The monoisotopic (exact) mass is 268 g/mol. The Hall–Kier alpha value is -1.26. The number of benzene rings is 1. The van der Waals surface area contributed by atoms with Gasteiger partial charge in [-0.25, -0.2) is 0 Å². The molecule has 1 aliphatic carbocycles. The first-order chi connectivity index (χ1) is 8.56. The van der Waals surface area contributed by atoms with Crippen LogP contribution in [0.1, 0.15) is 25.3 Å². The van der Waals surface area contributed by atoms with Crippen LogP contribution in [0, 0.1) is 0 Å². The van der Waals surface area contributed by atoms with Crippen molar-refractivity contribution in [2.75, 3.05) is 0 Å². The molecule has 98 valence electrons. The van der Waals surface area contributed by atoms with Gasteiger partial charge in [-0.1, -0.05) is 11.6 Å². The fraction of sp³-hybridized carbons (Fsp3) is 0.462. The van der Waals surface area contributed by atoms with Crippen LogP contribution in [0.15, 0.2) is 18.2 Å². The Balaban J connectivity index is 2.08. The maximum absolute atomic E-state index is 11.0. The third-order valence-corrected chi connectivity index (χ3v) is 3.12. The molecule has 1 amide bonds. The second-order valence-corrected chi connectivity index (χ2v) is 5.01. The molecule has 5 heteroatoms. The normalized spacial score (nSPS) is 16.3. The molecule has 1 atom stereocenters. The van der Waals surface area contributed by atoms with E-state index < -0.39 is 12.0 Å². The molecule has 0 aliphatic heterocycles. The molecule has 2 rings (SSSR count). The summed E-state index contributed by atoms with van der Waals surface area (Å²) in [6.45, 7) is 2.32. The number of nitrogens with two attached hydrogens (primary N) is 1. The molecule has 0 saturated heterocycles. The Labute approximate surface area is 111 Å². The zero-order valence-electron chi connectivity index (χ0n) is 10.3. The van der Waals surface area contributed by atoms with Gasteiger partial charge in [0.2, 0.25) is 0 Å². The second-order valence-electron chi connectivity index (χ2n) is 4.57. The van der Waals surface area contributed by atoms with Gasteiger partial charge in [0.1, 0.15) is 5.75 Å². The molecule has 1 aromatic rings. The number of nitrogens with one attached hydrogen (secondary N) is 1. The standard InChI is InChI=1S/C13H17ClN2O2/c1-8(13(15)17)18-12-5-2-10(14)6-9(12)7-16-11-3-4-11/h2,5-6,8,11,16H,3-4,7H2,1H3,(H2,15,17). The van der Waals surface area contributed by atoms with Crippen molar-refractivity contribution in [3.63, 3.8) is 0 Å². The molecular weight excluding hydrogens is 252 g/mol. The minimum absolute atomic E-state index is 0.481. The Morgan fingerprint density at radius 1 is 1.61 bits per heavy atom. The van der Waals surface area contributed by atoms with E-state index in [-0.39, 0.29) is 0 Å². The van der Waals surface area contributed by atoms with Gasteiger partial charge in [-0.05, 0) is 38.0 Å². The lowest BCUT2D eigenvalue weighted by molar-refractivity contribution is -0.124. The molecule has 0 heterocycles. The van der Waals surface area contributed by atoms with Gasteiger partial charge in [0, 0.05) is 23.2 Å². The van der Waals surface area contributed by atoms with Crippen molar-refractivity contribution in [2.45, 2.75) is 38.5 Å². The lowest BCUT2D eigenvalue weighted by atomic mass is 10.2. The largest absolute Gasteiger partial charge is 0.481 e. The molecule has 0 aromatic heterocycles. The maximum atomic E-state index is 11.0. The lowest BCUT2D eigenvalue weighted by Crippen LogP contribution is -2.31. The molecule has 0 bridgehead atoms. The molecule has 1 unspecified atom stereocenters. The number of amides is 1. The first kappa shape index (κ1) is 13.2. The Bertz CT molecular complexity index is 447. The molecular formula is C13H17ClN2O2. The smallest absolute Gasteiger partial charge is 0.258 e. The number of carbonyl (C=O) groups excluding carboxylic acids is 1. The Morgan fingerprint density at radius 3 is 2.94 bits per heavy atom. The average molecular weight is 269 g/mol. The van der Waals surface area contributed by atoms with Crippen LogP contribution in [0.4, 0.5) is 0 Å². The van der Waals surface area contributed by atoms with E-state index in [0.29, 0.717) is 23.4 Å². The van der Waals surface area contributed by atoms with E-state index in [1.165, 1.54) is 12.8 Å². The highest BCUT2D eigenvalue weighted by Gasteiger charge is 2.21. The number of halogens is 1. The van der Waals surface area contributed by atoms with Gasteiger partial charge >= 0.3 is 0 Å². The van der Waals surface area contributed by atoms with Crippen molar-refractivity contribution in [3.8, 4) is 5.75 Å². The zero-order chi connectivity index (χ0) is 13.1. The highest BCUT2D eigenvalue weighted by molar-refractivity contribution is 6.30. The molecule has 1 aromatic carbocycles. The first-order valence-electron chi connectivity index (χ1n) is 6.04. The summed E-state index contributed by atoms with van der Waals surface area (Å²) < 4.78 is 5.54. The van der Waals surface area contributed by atoms with E-state index in [4.69, 9.17) is 22.1 Å². The van der Waals surface area contributed by atoms with Crippen LogP contribution in [0.3, 0.4) is 0 Å². The van der Waals surface area contributed by atoms with Crippen molar-refractivity contribution < 1.29 is 9.53 Å². The molecule has 18 heavy (non-hydrogen) atoms. The van der Waals surface area contributed by atoms with Gasteiger partial charge in [-0.15, -0.1) is 0 Å². The van der Waals surface area contributed by atoms with E-state index in [9.17, 15) is 4.79 Å². The van der Waals surface area contributed by atoms with Gasteiger partial charge in [-0.3, -0.25) is 4.79 Å². The fourth-order valence-corrected chi connectivity index (χ4v) is 1.79. The Morgan fingerprint density at radius 2 is 2.33 bits per heavy atom. The van der Waals surface area contributed by atoms with Crippen LogP contribution in [-0.4, -0.2) is 18.1 Å². The summed E-state index contributed by atoms with van der Waals surface area (Å²) in [7, 11) is 0. The summed E-state index contributed by atoms with van der Waals surface area (Å²) in [5, 5.41) is 4.04. The van der Waals surface area contributed by atoms with E-state index in [1.54, 1.807) is 19.1 Å². The molecule has 0 spiro atoms. The van der Waals surface area contributed by atoms with Crippen LogP contribution in [0.25, 0.3) is 0 Å². The van der Waals surface area contributed by atoms with E-state index in [1.807, 2.05) is 6.07 Å². The molecule has 1 saturated carbocycles. The molecule has 3 N–H and O–H groups in total. The van der Waals surface area contributed by atoms with Gasteiger partial charge in [0.05, 0.1) is 0 Å². The summed E-state index contributed by atoms with van der Waals surface area (Å²) in [5.74, 6) is 0.171. The van der Waals surface area contributed by atoms with Crippen molar-refractivity contribution >= 4 is 17.5 Å². The second kappa shape index (κ2) is 5.59. The van der Waals surface area contributed by atoms with Crippen molar-refractivity contribution in [2.24, 2.45) is 5.73 Å².